The third kappa shape index (κ3) is 2.74. The molecule has 2 aromatic carbocycles. The number of methoxy groups -OCH3 is 1. The lowest BCUT2D eigenvalue weighted by Gasteiger charge is -2.06. The van der Waals surface area contributed by atoms with E-state index in [0.717, 1.165) is 5.56 Å². The predicted molar refractivity (Wildman–Crippen MR) is 81.1 cm³/mol. The van der Waals surface area contributed by atoms with E-state index in [4.69, 9.17) is 14.2 Å². The minimum Gasteiger partial charge on any atom is -0.497 e. The number of fused-ring (bicyclic) bond motifs is 1. The van der Waals surface area contributed by atoms with Gasteiger partial charge in [-0.1, -0.05) is 18.2 Å². The molecule has 1 aliphatic rings. The normalized spacial score (nSPS) is 13.0. The van der Waals surface area contributed by atoms with Crippen LogP contribution in [0.3, 0.4) is 0 Å². The molecule has 22 heavy (non-hydrogen) atoms. The van der Waals surface area contributed by atoms with Crippen LogP contribution in [0, 0.1) is 0 Å². The molecule has 0 aliphatic carbocycles. The van der Waals surface area contributed by atoms with Gasteiger partial charge in [-0.05, 0) is 41.5 Å². The lowest BCUT2D eigenvalue weighted by molar-refractivity contribution is -0.130. The van der Waals surface area contributed by atoms with Crippen molar-refractivity contribution in [2.75, 3.05) is 13.9 Å². The molecule has 0 saturated heterocycles. The second-order valence-corrected chi connectivity index (χ2v) is 4.71. The molecular weight excluding hydrogens is 284 g/mol. The van der Waals surface area contributed by atoms with Gasteiger partial charge in [-0.15, -0.1) is 0 Å². The van der Waals surface area contributed by atoms with Crippen molar-refractivity contribution in [2.24, 2.45) is 0 Å². The van der Waals surface area contributed by atoms with Gasteiger partial charge >= 0.3 is 5.97 Å². The van der Waals surface area contributed by atoms with Crippen LogP contribution < -0.4 is 14.2 Å². The minimum absolute atomic E-state index is 0.154. The van der Waals surface area contributed by atoms with Gasteiger partial charge in [-0.25, -0.2) is 4.79 Å². The topological polar surface area (TPSA) is 65.0 Å². The lowest BCUT2D eigenvalue weighted by Crippen LogP contribution is -1.99. The smallest absolute Gasteiger partial charge is 0.336 e. The van der Waals surface area contributed by atoms with Crippen molar-refractivity contribution < 1.29 is 24.1 Å². The summed E-state index contributed by atoms with van der Waals surface area (Å²) in [4.78, 5) is 11.6. The number of aliphatic carboxylic acids is 1. The zero-order valence-corrected chi connectivity index (χ0v) is 11.9. The van der Waals surface area contributed by atoms with Crippen molar-refractivity contribution in [3.05, 3.63) is 53.6 Å². The highest BCUT2D eigenvalue weighted by atomic mass is 16.7. The molecule has 0 aromatic heterocycles. The molecule has 1 N–H and O–H groups in total. The second-order valence-electron chi connectivity index (χ2n) is 4.71. The summed E-state index contributed by atoms with van der Waals surface area (Å²) in [6, 6.07) is 12.3. The Kier molecular flexibility index (Phi) is 3.70. The van der Waals surface area contributed by atoms with E-state index in [2.05, 4.69) is 0 Å². The summed E-state index contributed by atoms with van der Waals surface area (Å²) >= 11 is 0. The Morgan fingerprint density at radius 1 is 1.18 bits per heavy atom. The molecular formula is C17H14O5. The Morgan fingerprint density at radius 2 is 2.00 bits per heavy atom. The van der Waals surface area contributed by atoms with E-state index in [1.54, 1.807) is 43.5 Å². The van der Waals surface area contributed by atoms with Gasteiger partial charge in [0.05, 0.1) is 12.7 Å². The zero-order valence-electron chi connectivity index (χ0n) is 11.9. The number of carboxylic acid groups (broad SMARTS) is 1. The van der Waals surface area contributed by atoms with E-state index >= 15 is 0 Å². The summed E-state index contributed by atoms with van der Waals surface area (Å²) < 4.78 is 15.7. The van der Waals surface area contributed by atoms with Gasteiger partial charge in [-0.2, -0.15) is 0 Å². The Hall–Kier alpha value is -2.95. The van der Waals surface area contributed by atoms with Crippen LogP contribution in [0.5, 0.6) is 17.2 Å². The molecule has 0 fully saturated rings. The van der Waals surface area contributed by atoms with Crippen LogP contribution in [0.2, 0.25) is 0 Å². The van der Waals surface area contributed by atoms with Gasteiger partial charge in [0.2, 0.25) is 6.79 Å². The average molecular weight is 298 g/mol. The summed E-state index contributed by atoms with van der Waals surface area (Å²) in [7, 11) is 1.57. The van der Waals surface area contributed by atoms with E-state index in [1.807, 2.05) is 12.1 Å². The van der Waals surface area contributed by atoms with E-state index in [-0.39, 0.29) is 12.4 Å². The summed E-state index contributed by atoms with van der Waals surface area (Å²) in [5.41, 5.74) is 1.47. The van der Waals surface area contributed by atoms with Crippen LogP contribution in [0.25, 0.3) is 11.6 Å². The first kappa shape index (κ1) is 14.0. The Morgan fingerprint density at radius 3 is 2.77 bits per heavy atom. The summed E-state index contributed by atoms with van der Waals surface area (Å²) in [5.74, 6) is 0.830. The van der Waals surface area contributed by atoms with Gasteiger partial charge in [-0.3, -0.25) is 0 Å². The summed E-state index contributed by atoms with van der Waals surface area (Å²) in [6.45, 7) is 0.154. The number of ether oxygens (including phenoxy) is 3. The van der Waals surface area contributed by atoms with Gasteiger partial charge in [0.1, 0.15) is 5.75 Å². The number of carbonyl (C=O) groups is 1. The fourth-order valence-corrected chi connectivity index (χ4v) is 2.23. The third-order valence-electron chi connectivity index (χ3n) is 3.32. The average Bonchev–Trinajstić information content (AvgIpc) is 3.00. The number of hydrogen-bond acceptors (Lipinski definition) is 4. The van der Waals surface area contributed by atoms with Crippen LogP contribution in [0.4, 0.5) is 0 Å². The van der Waals surface area contributed by atoms with Gasteiger partial charge in [0.15, 0.2) is 11.5 Å². The number of carboxylic acids is 1. The van der Waals surface area contributed by atoms with Crippen molar-refractivity contribution >= 4 is 17.6 Å². The SMILES string of the molecule is COc1cccc(/C=C(/C(=O)O)c2ccc3c(c2)OCO3)c1. The number of benzene rings is 2. The fraction of sp³-hybridized carbons (Fsp3) is 0.118. The maximum atomic E-state index is 11.6. The van der Waals surface area contributed by atoms with Crippen molar-refractivity contribution in [1.82, 2.24) is 0 Å². The first-order valence-corrected chi connectivity index (χ1v) is 6.66. The van der Waals surface area contributed by atoms with Crippen molar-refractivity contribution in [1.29, 1.82) is 0 Å². The molecule has 0 saturated carbocycles. The van der Waals surface area contributed by atoms with Gasteiger partial charge in [0.25, 0.3) is 0 Å². The van der Waals surface area contributed by atoms with Crippen molar-refractivity contribution in [2.45, 2.75) is 0 Å². The molecule has 0 atom stereocenters. The molecule has 1 aliphatic heterocycles. The van der Waals surface area contributed by atoms with Gasteiger partial charge in [0, 0.05) is 0 Å². The maximum Gasteiger partial charge on any atom is 0.336 e. The van der Waals surface area contributed by atoms with Crippen LogP contribution in [0.15, 0.2) is 42.5 Å². The number of rotatable bonds is 4. The van der Waals surface area contributed by atoms with Crippen LogP contribution >= 0.6 is 0 Å². The molecule has 0 amide bonds. The Bertz CT molecular complexity index is 748. The third-order valence-corrected chi connectivity index (χ3v) is 3.32. The monoisotopic (exact) mass is 298 g/mol. The molecule has 1 heterocycles. The molecule has 0 radical (unpaired) electrons. The maximum absolute atomic E-state index is 11.6. The van der Waals surface area contributed by atoms with Crippen LogP contribution in [-0.4, -0.2) is 25.0 Å². The highest BCUT2D eigenvalue weighted by Crippen LogP contribution is 2.35. The van der Waals surface area contributed by atoms with E-state index in [0.29, 0.717) is 22.8 Å². The van der Waals surface area contributed by atoms with E-state index in [9.17, 15) is 9.90 Å². The second kappa shape index (κ2) is 5.81. The molecule has 0 unspecified atom stereocenters. The Labute approximate surface area is 127 Å². The fourth-order valence-electron chi connectivity index (χ4n) is 2.23. The highest BCUT2D eigenvalue weighted by molar-refractivity contribution is 6.20. The molecule has 3 rings (SSSR count). The van der Waals surface area contributed by atoms with E-state index in [1.165, 1.54) is 0 Å². The quantitative estimate of drug-likeness (QED) is 0.694. The largest absolute Gasteiger partial charge is 0.497 e. The van der Waals surface area contributed by atoms with Gasteiger partial charge < -0.3 is 19.3 Å². The highest BCUT2D eigenvalue weighted by Gasteiger charge is 2.17. The minimum atomic E-state index is -1.01. The summed E-state index contributed by atoms with van der Waals surface area (Å²) in [6.07, 6.45) is 1.60. The number of hydrogen-bond donors (Lipinski definition) is 1. The first-order chi connectivity index (χ1) is 10.7. The van der Waals surface area contributed by atoms with Crippen LogP contribution in [0.1, 0.15) is 11.1 Å². The van der Waals surface area contributed by atoms with Crippen molar-refractivity contribution in [3.8, 4) is 17.2 Å². The van der Waals surface area contributed by atoms with Crippen molar-refractivity contribution in [3.63, 3.8) is 0 Å². The molecule has 0 spiro atoms. The molecule has 0 bridgehead atoms. The molecule has 5 heteroatoms. The first-order valence-electron chi connectivity index (χ1n) is 6.66. The van der Waals surface area contributed by atoms with Crippen LogP contribution in [-0.2, 0) is 4.79 Å². The molecule has 2 aromatic rings. The van der Waals surface area contributed by atoms with E-state index < -0.39 is 5.97 Å². The zero-order chi connectivity index (χ0) is 15.5. The standard InChI is InChI=1S/C17H14O5/c1-20-13-4-2-3-11(7-13)8-14(17(18)19)12-5-6-15-16(9-12)22-10-21-15/h2-9H,10H2,1H3,(H,18,19)/b14-8+. The summed E-state index contributed by atoms with van der Waals surface area (Å²) in [5, 5.41) is 9.49. The lowest BCUT2D eigenvalue weighted by atomic mass is 10.0. The Balaban J connectivity index is 2.02. The molecule has 5 nitrogen and oxygen atoms in total. The molecule has 112 valence electrons. The predicted octanol–water partition coefficient (Wildman–Crippen LogP) is 3.05.